The molecule has 1 aromatic carbocycles. The molecule has 0 spiro atoms. The van der Waals surface area contributed by atoms with Crippen LogP contribution in [0, 0.1) is 5.92 Å². The molecule has 0 unspecified atom stereocenters. The van der Waals surface area contributed by atoms with E-state index in [1.807, 2.05) is 18.2 Å². The Balaban J connectivity index is 1.70. The summed E-state index contributed by atoms with van der Waals surface area (Å²) in [5.41, 5.74) is 2.82. The molecule has 1 N–H and O–H groups in total. The van der Waals surface area contributed by atoms with Crippen LogP contribution in [-0.2, 0) is 12.8 Å². The lowest BCUT2D eigenvalue weighted by Crippen LogP contribution is -2.26. The predicted octanol–water partition coefficient (Wildman–Crippen LogP) is 4.92. The maximum absolute atomic E-state index is 13.0. The third kappa shape index (κ3) is 4.32. The van der Waals surface area contributed by atoms with E-state index < -0.39 is 0 Å². The first-order valence-corrected chi connectivity index (χ1v) is 11.2. The van der Waals surface area contributed by atoms with Crippen molar-refractivity contribution in [1.82, 2.24) is 5.32 Å². The number of methoxy groups -OCH3 is 2. The van der Waals surface area contributed by atoms with Gasteiger partial charge < -0.3 is 14.8 Å². The molecule has 0 aliphatic heterocycles. The monoisotopic (exact) mass is 412 g/mol. The fourth-order valence-corrected chi connectivity index (χ4v) is 5.17. The zero-order valence-corrected chi connectivity index (χ0v) is 18.1. The van der Waals surface area contributed by atoms with E-state index in [1.165, 1.54) is 16.9 Å². The molecule has 6 heteroatoms. The highest BCUT2D eigenvalue weighted by molar-refractivity contribution is 7.16. The molecule has 5 nitrogen and oxygen atoms in total. The molecule has 4 rings (SSSR count). The van der Waals surface area contributed by atoms with Gasteiger partial charge in [-0.15, -0.1) is 11.3 Å². The van der Waals surface area contributed by atoms with Gasteiger partial charge in [-0.25, -0.2) is 4.99 Å². The minimum absolute atomic E-state index is 0.0321. The van der Waals surface area contributed by atoms with Gasteiger partial charge in [0.05, 0.1) is 19.8 Å². The molecule has 1 heterocycles. The number of rotatable bonds is 7. The molecule has 1 saturated carbocycles. The normalized spacial score (nSPS) is 18.5. The Morgan fingerprint density at radius 2 is 2.10 bits per heavy atom. The van der Waals surface area contributed by atoms with Crippen LogP contribution in [0.25, 0.3) is 0 Å². The molecule has 29 heavy (non-hydrogen) atoms. The number of hydrogen-bond acceptors (Lipinski definition) is 5. The number of thiophene rings is 1. The summed E-state index contributed by atoms with van der Waals surface area (Å²) < 4.78 is 10.8. The van der Waals surface area contributed by atoms with Crippen LogP contribution in [0.3, 0.4) is 0 Å². The first-order chi connectivity index (χ1) is 14.1. The summed E-state index contributed by atoms with van der Waals surface area (Å²) in [5, 5.41) is 3.96. The van der Waals surface area contributed by atoms with E-state index in [0.29, 0.717) is 12.0 Å². The van der Waals surface area contributed by atoms with Crippen molar-refractivity contribution in [2.24, 2.45) is 10.9 Å². The first-order valence-electron chi connectivity index (χ1n) is 10.3. The molecule has 154 valence electrons. The molecule has 1 aromatic heterocycles. The lowest BCUT2D eigenvalue weighted by molar-refractivity contribution is 0.0951. The Hall–Kier alpha value is -2.34. The lowest BCUT2D eigenvalue weighted by atomic mass is 9.85. The second-order valence-corrected chi connectivity index (χ2v) is 8.90. The Bertz CT molecular complexity index is 930. The quantitative estimate of drug-likeness (QED) is 0.657. The average molecular weight is 413 g/mol. The van der Waals surface area contributed by atoms with Crippen molar-refractivity contribution in [2.75, 3.05) is 14.2 Å². The van der Waals surface area contributed by atoms with Crippen LogP contribution in [0.4, 0.5) is 5.00 Å². The predicted molar refractivity (Wildman–Crippen MR) is 117 cm³/mol. The number of nitrogens with zero attached hydrogens (tertiary/aromatic N) is 1. The van der Waals surface area contributed by atoms with Crippen molar-refractivity contribution >= 4 is 28.5 Å². The highest BCUT2D eigenvalue weighted by Crippen LogP contribution is 2.42. The Morgan fingerprint density at radius 3 is 2.79 bits per heavy atom. The number of nitrogens with one attached hydrogen (secondary N) is 1. The smallest absolute Gasteiger partial charge is 0.254 e. The molecule has 0 saturated heterocycles. The van der Waals surface area contributed by atoms with E-state index in [-0.39, 0.29) is 5.91 Å². The second-order valence-electron chi connectivity index (χ2n) is 7.81. The summed E-state index contributed by atoms with van der Waals surface area (Å²) in [6, 6.07) is 5.96. The highest BCUT2D eigenvalue weighted by atomic mass is 32.1. The minimum atomic E-state index is 0.0321. The number of fused-ring (bicyclic) bond motifs is 1. The highest BCUT2D eigenvalue weighted by Gasteiger charge is 2.31. The number of carbonyl (C=O) groups is 1. The van der Waals surface area contributed by atoms with Crippen LogP contribution in [0.2, 0.25) is 0 Å². The Labute approximate surface area is 176 Å². The summed E-state index contributed by atoms with van der Waals surface area (Å²) in [6.07, 6.45) is 8.29. The fourth-order valence-electron chi connectivity index (χ4n) is 3.87. The maximum atomic E-state index is 13.0. The molecule has 2 aliphatic rings. The fraction of sp³-hybridized carbons (Fsp3) is 0.478. The summed E-state index contributed by atoms with van der Waals surface area (Å²) in [5.74, 6) is 2.21. The number of aliphatic imine (C=N–C) groups is 1. The van der Waals surface area contributed by atoms with Gasteiger partial charge >= 0.3 is 0 Å². The third-order valence-electron chi connectivity index (χ3n) is 5.82. The zero-order valence-electron chi connectivity index (χ0n) is 17.3. The molecule has 1 fully saturated rings. The van der Waals surface area contributed by atoms with Gasteiger partial charge in [-0.1, -0.05) is 13.3 Å². The summed E-state index contributed by atoms with van der Waals surface area (Å²) >= 11 is 1.67. The summed E-state index contributed by atoms with van der Waals surface area (Å²) in [6.45, 7) is 2.25. The Kier molecular flexibility index (Phi) is 5.90. The van der Waals surface area contributed by atoms with Gasteiger partial charge in [0, 0.05) is 22.7 Å². The van der Waals surface area contributed by atoms with Gasteiger partial charge in [0.1, 0.15) is 16.5 Å². The van der Waals surface area contributed by atoms with Gasteiger partial charge in [-0.3, -0.25) is 4.79 Å². The van der Waals surface area contributed by atoms with Crippen LogP contribution >= 0.6 is 11.3 Å². The molecular formula is C23H28N2O3S. The standard InChI is InChI=1S/C23H28N2O3S/c1-4-14-5-9-18-20(11-14)29-23(21(18)22(26)25-16-6-7-16)24-13-15-12-17(27-2)8-10-19(15)28-3/h8,10,12-14,16H,4-7,9,11H2,1-3H3,(H,25,26)/t14-/m1/s1. The van der Waals surface area contributed by atoms with Gasteiger partial charge in [-0.05, 0) is 61.8 Å². The molecule has 2 aromatic rings. The van der Waals surface area contributed by atoms with Crippen molar-refractivity contribution in [1.29, 1.82) is 0 Å². The first kappa shape index (κ1) is 20.0. The van der Waals surface area contributed by atoms with E-state index in [0.717, 1.165) is 59.7 Å². The number of benzene rings is 1. The van der Waals surface area contributed by atoms with Crippen molar-refractivity contribution in [2.45, 2.75) is 51.5 Å². The van der Waals surface area contributed by atoms with Crippen molar-refractivity contribution in [3.05, 3.63) is 39.8 Å². The summed E-state index contributed by atoms with van der Waals surface area (Å²) in [4.78, 5) is 19.1. The minimum Gasteiger partial charge on any atom is -0.497 e. The van der Waals surface area contributed by atoms with Crippen molar-refractivity contribution in [3.8, 4) is 11.5 Å². The molecule has 2 aliphatic carbocycles. The summed E-state index contributed by atoms with van der Waals surface area (Å²) in [7, 11) is 3.28. The van der Waals surface area contributed by atoms with Gasteiger partial charge in [-0.2, -0.15) is 0 Å². The molecule has 1 amide bonds. The molecule has 1 atom stereocenters. The zero-order chi connectivity index (χ0) is 20.4. The van der Waals surface area contributed by atoms with Gasteiger partial charge in [0.15, 0.2) is 0 Å². The van der Waals surface area contributed by atoms with E-state index in [4.69, 9.17) is 14.5 Å². The number of carbonyl (C=O) groups excluding carboxylic acids is 1. The molecular weight excluding hydrogens is 384 g/mol. The largest absolute Gasteiger partial charge is 0.497 e. The number of ether oxygens (including phenoxy) is 2. The lowest BCUT2D eigenvalue weighted by Gasteiger charge is -2.21. The van der Waals surface area contributed by atoms with Crippen LogP contribution in [-0.4, -0.2) is 32.4 Å². The topological polar surface area (TPSA) is 59.9 Å². The Morgan fingerprint density at radius 1 is 1.28 bits per heavy atom. The van der Waals surface area contributed by atoms with Crippen LogP contribution in [0.5, 0.6) is 11.5 Å². The van der Waals surface area contributed by atoms with Crippen molar-refractivity contribution in [3.63, 3.8) is 0 Å². The van der Waals surface area contributed by atoms with Gasteiger partial charge in [0.2, 0.25) is 0 Å². The number of amides is 1. The van der Waals surface area contributed by atoms with Crippen molar-refractivity contribution < 1.29 is 14.3 Å². The second kappa shape index (κ2) is 8.57. The molecule has 0 radical (unpaired) electrons. The molecule has 0 bridgehead atoms. The number of hydrogen-bond donors (Lipinski definition) is 1. The van der Waals surface area contributed by atoms with Gasteiger partial charge in [0.25, 0.3) is 5.91 Å². The van der Waals surface area contributed by atoms with E-state index in [2.05, 4.69) is 12.2 Å². The van der Waals surface area contributed by atoms with E-state index in [9.17, 15) is 4.79 Å². The van der Waals surface area contributed by atoms with Crippen LogP contribution in [0.1, 0.15) is 59.0 Å². The third-order valence-corrected chi connectivity index (χ3v) is 6.99. The van der Waals surface area contributed by atoms with Crippen LogP contribution in [0.15, 0.2) is 23.2 Å². The van der Waals surface area contributed by atoms with E-state index >= 15 is 0 Å². The van der Waals surface area contributed by atoms with E-state index in [1.54, 1.807) is 31.8 Å². The SMILES string of the molecule is CC[C@@H]1CCc2c(sc(N=Cc3cc(OC)ccc3OC)c2C(=O)NC2CC2)C1. The van der Waals surface area contributed by atoms with Crippen LogP contribution < -0.4 is 14.8 Å². The average Bonchev–Trinajstić information content (AvgIpc) is 3.48. The maximum Gasteiger partial charge on any atom is 0.254 e.